The molecule has 1 rings (SSSR count). The van der Waals surface area contributed by atoms with E-state index < -0.39 is 0 Å². The molecule has 0 aliphatic rings. The SMILES string of the molecule is OCCCNc1c(Cl)cc(Cl)cc1Cl. The normalized spacial score (nSPS) is 10.3. The third kappa shape index (κ3) is 3.21. The maximum absolute atomic E-state index is 8.60. The Morgan fingerprint density at radius 1 is 1.14 bits per heavy atom. The van der Waals surface area contributed by atoms with E-state index in [4.69, 9.17) is 39.9 Å². The van der Waals surface area contributed by atoms with Crippen LogP contribution in [0.15, 0.2) is 12.1 Å². The van der Waals surface area contributed by atoms with Gasteiger partial charge in [0.15, 0.2) is 0 Å². The Balaban J connectivity index is 2.75. The average Bonchev–Trinajstić information content (AvgIpc) is 2.09. The van der Waals surface area contributed by atoms with Gasteiger partial charge in [0.1, 0.15) is 0 Å². The highest BCUT2D eigenvalue weighted by Crippen LogP contribution is 2.33. The first-order chi connectivity index (χ1) is 6.65. The van der Waals surface area contributed by atoms with Crippen molar-refractivity contribution in [1.29, 1.82) is 0 Å². The maximum atomic E-state index is 8.60. The summed E-state index contributed by atoms with van der Waals surface area (Å²) in [4.78, 5) is 0. The summed E-state index contributed by atoms with van der Waals surface area (Å²) in [7, 11) is 0. The van der Waals surface area contributed by atoms with E-state index in [0.29, 0.717) is 33.7 Å². The number of rotatable bonds is 4. The van der Waals surface area contributed by atoms with Crippen molar-refractivity contribution in [2.75, 3.05) is 18.5 Å². The molecule has 0 radical (unpaired) electrons. The molecule has 5 heteroatoms. The zero-order valence-corrected chi connectivity index (χ0v) is 9.62. The lowest BCUT2D eigenvalue weighted by molar-refractivity contribution is 0.292. The fourth-order valence-corrected chi connectivity index (χ4v) is 1.95. The Morgan fingerprint density at radius 3 is 2.21 bits per heavy atom. The summed E-state index contributed by atoms with van der Waals surface area (Å²) in [5, 5.41) is 13.1. The van der Waals surface area contributed by atoms with Gasteiger partial charge >= 0.3 is 0 Å². The standard InChI is InChI=1S/C9H10Cl3NO/c10-6-4-7(11)9(8(12)5-6)13-2-1-3-14/h4-5,13-14H,1-3H2. The van der Waals surface area contributed by atoms with Crippen molar-refractivity contribution in [2.45, 2.75) is 6.42 Å². The first-order valence-electron chi connectivity index (χ1n) is 4.14. The summed E-state index contributed by atoms with van der Waals surface area (Å²) in [5.41, 5.74) is 0.659. The molecule has 0 saturated carbocycles. The second kappa shape index (κ2) is 5.66. The van der Waals surface area contributed by atoms with Gasteiger partial charge < -0.3 is 10.4 Å². The van der Waals surface area contributed by atoms with Crippen LogP contribution in [0.5, 0.6) is 0 Å². The highest BCUT2D eigenvalue weighted by atomic mass is 35.5. The van der Waals surface area contributed by atoms with Crippen molar-refractivity contribution in [3.05, 3.63) is 27.2 Å². The van der Waals surface area contributed by atoms with Crippen LogP contribution in [0.4, 0.5) is 5.69 Å². The minimum absolute atomic E-state index is 0.135. The number of nitrogens with one attached hydrogen (secondary N) is 1. The fraction of sp³-hybridized carbons (Fsp3) is 0.333. The van der Waals surface area contributed by atoms with Gasteiger partial charge in [-0.3, -0.25) is 0 Å². The average molecular weight is 255 g/mol. The Morgan fingerprint density at radius 2 is 1.71 bits per heavy atom. The van der Waals surface area contributed by atoms with E-state index in [0.717, 1.165) is 0 Å². The van der Waals surface area contributed by atoms with E-state index in [1.807, 2.05) is 0 Å². The summed E-state index contributed by atoms with van der Waals surface area (Å²) in [6, 6.07) is 3.24. The summed E-state index contributed by atoms with van der Waals surface area (Å²) < 4.78 is 0. The first-order valence-corrected chi connectivity index (χ1v) is 5.28. The molecule has 0 spiro atoms. The zero-order chi connectivity index (χ0) is 10.6. The molecule has 0 fully saturated rings. The Kier molecular flexibility index (Phi) is 4.82. The Hall–Kier alpha value is -0.150. The van der Waals surface area contributed by atoms with Crippen molar-refractivity contribution in [3.63, 3.8) is 0 Å². The van der Waals surface area contributed by atoms with Crippen LogP contribution in [0.1, 0.15) is 6.42 Å². The van der Waals surface area contributed by atoms with Gasteiger partial charge in [-0.2, -0.15) is 0 Å². The van der Waals surface area contributed by atoms with Crippen LogP contribution in [0.3, 0.4) is 0 Å². The number of halogens is 3. The monoisotopic (exact) mass is 253 g/mol. The molecule has 0 atom stereocenters. The molecular weight excluding hydrogens is 244 g/mol. The van der Waals surface area contributed by atoms with Crippen molar-refractivity contribution in [3.8, 4) is 0 Å². The van der Waals surface area contributed by atoms with Crippen molar-refractivity contribution >= 4 is 40.5 Å². The first kappa shape index (κ1) is 11.9. The van der Waals surface area contributed by atoms with Gasteiger partial charge in [-0.15, -0.1) is 0 Å². The Labute approximate surface area is 97.8 Å². The number of anilines is 1. The fourth-order valence-electron chi connectivity index (χ4n) is 1.00. The van der Waals surface area contributed by atoms with Gasteiger partial charge in [-0.1, -0.05) is 34.8 Å². The van der Waals surface area contributed by atoms with Crippen LogP contribution in [-0.4, -0.2) is 18.3 Å². The van der Waals surface area contributed by atoms with E-state index in [-0.39, 0.29) is 6.61 Å². The highest BCUT2D eigenvalue weighted by Gasteiger charge is 2.06. The van der Waals surface area contributed by atoms with E-state index in [9.17, 15) is 0 Å². The van der Waals surface area contributed by atoms with Crippen molar-refractivity contribution < 1.29 is 5.11 Å². The van der Waals surface area contributed by atoms with Gasteiger partial charge in [0.25, 0.3) is 0 Å². The molecule has 0 aliphatic carbocycles. The Bertz CT molecular complexity index is 294. The number of aliphatic hydroxyl groups excluding tert-OH is 1. The third-order valence-corrected chi connectivity index (χ3v) is 2.46. The smallest absolute Gasteiger partial charge is 0.0720 e. The highest BCUT2D eigenvalue weighted by molar-refractivity contribution is 6.41. The van der Waals surface area contributed by atoms with Crippen LogP contribution in [0, 0.1) is 0 Å². The van der Waals surface area contributed by atoms with Crippen molar-refractivity contribution in [2.24, 2.45) is 0 Å². The molecule has 0 aromatic heterocycles. The number of benzene rings is 1. The number of hydrogen-bond donors (Lipinski definition) is 2. The molecule has 2 nitrogen and oxygen atoms in total. The van der Waals surface area contributed by atoms with E-state index >= 15 is 0 Å². The predicted molar refractivity (Wildman–Crippen MR) is 61.7 cm³/mol. The van der Waals surface area contributed by atoms with Crippen LogP contribution in [0.2, 0.25) is 15.1 Å². The van der Waals surface area contributed by atoms with Gasteiger partial charge in [0.2, 0.25) is 0 Å². The lowest BCUT2D eigenvalue weighted by Crippen LogP contribution is -2.04. The molecule has 0 saturated heterocycles. The second-order valence-corrected chi connectivity index (χ2v) is 4.00. The molecule has 1 aromatic carbocycles. The van der Waals surface area contributed by atoms with E-state index in [1.165, 1.54) is 0 Å². The van der Waals surface area contributed by atoms with Crippen LogP contribution < -0.4 is 5.32 Å². The molecule has 2 N–H and O–H groups in total. The van der Waals surface area contributed by atoms with E-state index in [1.54, 1.807) is 12.1 Å². The van der Waals surface area contributed by atoms with Crippen LogP contribution in [-0.2, 0) is 0 Å². The van der Waals surface area contributed by atoms with E-state index in [2.05, 4.69) is 5.32 Å². The molecular formula is C9H10Cl3NO. The molecule has 0 unspecified atom stereocenters. The molecule has 1 aromatic rings. The lowest BCUT2D eigenvalue weighted by atomic mass is 10.3. The summed E-state index contributed by atoms with van der Waals surface area (Å²) in [6.07, 6.45) is 0.648. The van der Waals surface area contributed by atoms with Crippen molar-refractivity contribution in [1.82, 2.24) is 0 Å². The quantitative estimate of drug-likeness (QED) is 0.807. The largest absolute Gasteiger partial charge is 0.396 e. The number of hydrogen-bond acceptors (Lipinski definition) is 2. The van der Waals surface area contributed by atoms with Gasteiger partial charge in [0.05, 0.1) is 15.7 Å². The molecule has 0 amide bonds. The zero-order valence-electron chi connectivity index (χ0n) is 7.36. The van der Waals surface area contributed by atoms with Gasteiger partial charge in [-0.05, 0) is 18.6 Å². The molecule has 0 heterocycles. The topological polar surface area (TPSA) is 32.3 Å². The second-order valence-electron chi connectivity index (χ2n) is 2.75. The van der Waals surface area contributed by atoms with Crippen LogP contribution in [0.25, 0.3) is 0 Å². The molecule has 14 heavy (non-hydrogen) atoms. The minimum Gasteiger partial charge on any atom is -0.396 e. The molecule has 78 valence electrons. The third-order valence-electron chi connectivity index (χ3n) is 1.64. The van der Waals surface area contributed by atoms with Crippen LogP contribution >= 0.6 is 34.8 Å². The summed E-state index contributed by atoms with van der Waals surface area (Å²) in [5.74, 6) is 0. The lowest BCUT2D eigenvalue weighted by Gasteiger charge is -2.09. The predicted octanol–water partition coefficient (Wildman–Crippen LogP) is 3.44. The van der Waals surface area contributed by atoms with Gasteiger partial charge in [0, 0.05) is 18.2 Å². The molecule has 0 aliphatic heterocycles. The minimum atomic E-state index is 0.135. The summed E-state index contributed by atoms with van der Waals surface area (Å²) in [6.45, 7) is 0.757. The molecule has 0 bridgehead atoms. The number of aliphatic hydroxyl groups is 1. The summed E-state index contributed by atoms with van der Waals surface area (Å²) >= 11 is 17.6. The van der Waals surface area contributed by atoms with Gasteiger partial charge in [-0.25, -0.2) is 0 Å². The maximum Gasteiger partial charge on any atom is 0.0720 e.